The number of aromatic nitrogens is 2. The van der Waals surface area contributed by atoms with Gasteiger partial charge in [0.15, 0.2) is 0 Å². The van der Waals surface area contributed by atoms with Crippen LogP contribution in [0.5, 0.6) is 0 Å². The van der Waals surface area contributed by atoms with Crippen LogP contribution in [0.4, 0.5) is 0 Å². The number of hydrogen-bond donors (Lipinski definition) is 0. The Balaban J connectivity index is 0.000000174. The van der Waals surface area contributed by atoms with E-state index in [1.807, 2.05) is 60.8 Å². The van der Waals surface area contributed by atoms with Crippen molar-refractivity contribution in [3.63, 3.8) is 0 Å². The minimum absolute atomic E-state index is 0. The van der Waals surface area contributed by atoms with E-state index in [1.165, 1.54) is 43.4 Å². The first-order chi connectivity index (χ1) is 24.2. The predicted molar refractivity (Wildman–Crippen MR) is 210 cm³/mol. The summed E-state index contributed by atoms with van der Waals surface area (Å²) in [7, 11) is 0. The molecule has 0 amide bonds. The molecule has 3 heterocycles. The van der Waals surface area contributed by atoms with Gasteiger partial charge in [0.2, 0.25) is 0 Å². The van der Waals surface area contributed by atoms with Crippen molar-refractivity contribution in [1.82, 2.24) is 9.97 Å². The Kier molecular flexibility index (Phi) is 9.33. The van der Waals surface area contributed by atoms with E-state index in [2.05, 4.69) is 123 Å². The first-order valence-corrected chi connectivity index (χ1v) is 17.3. The summed E-state index contributed by atoms with van der Waals surface area (Å²) in [6.07, 6.45) is 3.64. The zero-order valence-corrected chi connectivity index (χ0v) is 31.8. The maximum atomic E-state index is 5.79. The minimum Gasteiger partial charge on any atom is -0.500 e. The zero-order valence-electron chi connectivity index (χ0n) is 29.4. The Morgan fingerprint density at radius 2 is 1.12 bits per heavy atom. The molecule has 6 aromatic carbocycles. The molecule has 9 rings (SSSR count). The van der Waals surface area contributed by atoms with Crippen LogP contribution in [0.15, 0.2) is 138 Å². The second-order valence-electron chi connectivity index (χ2n) is 14.3. The Morgan fingerprint density at radius 1 is 0.529 bits per heavy atom. The summed E-state index contributed by atoms with van der Waals surface area (Å²) in [5.41, 5.74) is 8.52. The standard InChI is InChI=1S/C30H28N.C17H10NO.Ir/c1-19(2)20-9-12-25-26(16-20)27-17-21(29-8-6-7-15-31-29)10-13-23(27)24-14-11-22(18-28(24)25)30(3,4)5;1-2-7-16-13(5-1)14-11-12(8-9-17(14)19-16)15-6-3-4-10-18-15;/h6-9,11-19H,1-5H3;1-7,9-11H;/q2*-1;. The summed E-state index contributed by atoms with van der Waals surface area (Å²) >= 11 is 0. The Bertz CT molecular complexity index is 2650. The first-order valence-electron chi connectivity index (χ1n) is 17.3. The van der Waals surface area contributed by atoms with E-state index in [0.29, 0.717) is 5.92 Å². The molecule has 0 saturated carbocycles. The fourth-order valence-electron chi connectivity index (χ4n) is 6.79. The largest absolute Gasteiger partial charge is 0.500 e. The van der Waals surface area contributed by atoms with E-state index in [9.17, 15) is 0 Å². The molecule has 0 unspecified atom stereocenters. The number of rotatable bonds is 3. The normalized spacial score (nSPS) is 11.6. The van der Waals surface area contributed by atoms with Gasteiger partial charge in [-0.1, -0.05) is 135 Å². The average Bonchev–Trinajstić information content (AvgIpc) is 3.53. The third kappa shape index (κ3) is 6.58. The van der Waals surface area contributed by atoms with E-state index in [-0.39, 0.29) is 25.5 Å². The van der Waals surface area contributed by atoms with Crippen LogP contribution in [-0.4, -0.2) is 9.97 Å². The minimum atomic E-state index is 0. The second-order valence-corrected chi connectivity index (χ2v) is 14.3. The van der Waals surface area contributed by atoms with Crippen LogP contribution in [0.25, 0.3) is 76.8 Å². The summed E-state index contributed by atoms with van der Waals surface area (Å²) in [4.78, 5) is 8.91. The van der Waals surface area contributed by atoms with Gasteiger partial charge in [0, 0.05) is 37.9 Å². The summed E-state index contributed by atoms with van der Waals surface area (Å²) in [6, 6.07) is 49.1. The fraction of sp³-hybridized carbons (Fsp3) is 0.149. The predicted octanol–water partition coefficient (Wildman–Crippen LogP) is 12.9. The Hall–Kier alpha value is -5.15. The number of pyridine rings is 2. The monoisotopic (exact) mass is 839 g/mol. The molecule has 3 aromatic heterocycles. The van der Waals surface area contributed by atoms with Crippen molar-refractivity contribution < 1.29 is 24.5 Å². The molecule has 0 spiro atoms. The van der Waals surface area contributed by atoms with Crippen LogP contribution in [0.3, 0.4) is 0 Å². The van der Waals surface area contributed by atoms with E-state index in [4.69, 9.17) is 4.42 Å². The summed E-state index contributed by atoms with van der Waals surface area (Å²) in [5.74, 6) is 0.488. The van der Waals surface area contributed by atoms with Crippen molar-refractivity contribution in [2.24, 2.45) is 0 Å². The van der Waals surface area contributed by atoms with Crippen molar-refractivity contribution in [2.45, 2.75) is 46.0 Å². The van der Waals surface area contributed by atoms with Gasteiger partial charge in [-0.3, -0.25) is 0 Å². The number of fused-ring (bicyclic) bond motifs is 9. The van der Waals surface area contributed by atoms with Gasteiger partial charge in [0.25, 0.3) is 0 Å². The van der Waals surface area contributed by atoms with Crippen LogP contribution in [0.2, 0.25) is 0 Å². The molecule has 0 atom stereocenters. The third-order valence-electron chi connectivity index (χ3n) is 9.61. The molecule has 0 aliphatic heterocycles. The smallest absolute Gasteiger partial charge is 0.120 e. The SMILES string of the molecule is CC(C)c1ccc2c(c1)c1cc(-c3ccccn3)[c-]cc1c1ccc(C(C)(C)C)cc12.[Ir].[c-]1cc2oc3ccccc3c2cc1-c1ccccn1. The van der Waals surface area contributed by atoms with Gasteiger partial charge < -0.3 is 14.4 Å². The zero-order chi connectivity index (χ0) is 34.4. The van der Waals surface area contributed by atoms with Gasteiger partial charge in [0.05, 0.1) is 5.58 Å². The third-order valence-corrected chi connectivity index (χ3v) is 9.61. The van der Waals surface area contributed by atoms with Gasteiger partial charge >= 0.3 is 0 Å². The number of hydrogen-bond acceptors (Lipinski definition) is 3. The Morgan fingerprint density at radius 3 is 1.78 bits per heavy atom. The molecule has 1 radical (unpaired) electrons. The number of benzene rings is 6. The van der Waals surface area contributed by atoms with Gasteiger partial charge in [-0.2, -0.15) is 0 Å². The number of nitrogens with zero attached hydrogens (tertiary/aromatic N) is 2. The molecule has 0 saturated heterocycles. The van der Waals surface area contributed by atoms with Crippen LogP contribution in [0.1, 0.15) is 51.7 Å². The van der Waals surface area contributed by atoms with Gasteiger partial charge in [-0.05, 0) is 68.2 Å². The summed E-state index contributed by atoms with van der Waals surface area (Å²) in [5, 5.41) is 10.00. The van der Waals surface area contributed by atoms with Crippen molar-refractivity contribution in [1.29, 1.82) is 0 Å². The quantitative estimate of drug-likeness (QED) is 0.131. The van der Waals surface area contributed by atoms with Crippen LogP contribution in [-0.2, 0) is 25.5 Å². The van der Waals surface area contributed by atoms with Crippen LogP contribution >= 0.6 is 0 Å². The van der Waals surface area contributed by atoms with Gasteiger partial charge in [-0.25, -0.2) is 0 Å². The molecular weight excluding hydrogens is 801 g/mol. The van der Waals surface area contributed by atoms with E-state index >= 15 is 0 Å². The van der Waals surface area contributed by atoms with Gasteiger partial charge in [-0.15, -0.1) is 47.5 Å². The molecule has 0 fully saturated rings. The van der Waals surface area contributed by atoms with Crippen LogP contribution < -0.4 is 0 Å². The maximum Gasteiger partial charge on any atom is 0.120 e. The average molecular weight is 839 g/mol. The van der Waals surface area contributed by atoms with Crippen molar-refractivity contribution in [3.05, 3.63) is 157 Å². The first kappa shape index (κ1) is 34.3. The van der Waals surface area contributed by atoms with Crippen LogP contribution in [0, 0.1) is 12.1 Å². The van der Waals surface area contributed by atoms with Crippen molar-refractivity contribution in [3.8, 4) is 22.5 Å². The Labute approximate surface area is 312 Å². The molecule has 253 valence electrons. The molecule has 9 aromatic rings. The van der Waals surface area contributed by atoms with Gasteiger partial charge in [0.1, 0.15) is 5.58 Å². The topological polar surface area (TPSA) is 38.9 Å². The molecular formula is C47H38IrN2O-2. The number of furan rings is 1. The molecule has 0 bridgehead atoms. The van der Waals surface area contributed by atoms with Crippen molar-refractivity contribution >= 4 is 54.3 Å². The van der Waals surface area contributed by atoms with Crippen molar-refractivity contribution in [2.75, 3.05) is 0 Å². The van der Waals surface area contributed by atoms with E-state index < -0.39 is 0 Å². The molecule has 0 aliphatic rings. The molecule has 3 nitrogen and oxygen atoms in total. The van der Waals surface area contributed by atoms with E-state index in [0.717, 1.165) is 44.5 Å². The number of para-hydroxylation sites is 1. The molecule has 51 heavy (non-hydrogen) atoms. The molecule has 0 aliphatic carbocycles. The van der Waals surface area contributed by atoms with E-state index in [1.54, 1.807) is 6.20 Å². The second kappa shape index (κ2) is 13.9. The molecule has 4 heteroatoms. The molecule has 0 N–H and O–H groups in total. The summed E-state index contributed by atoms with van der Waals surface area (Å²) < 4.78 is 5.79. The maximum absolute atomic E-state index is 5.79. The summed E-state index contributed by atoms with van der Waals surface area (Å²) in [6.45, 7) is 11.4. The fourth-order valence-corrected chi connectivity index (χ4v) is 6.79.